The first-order valence-electron chi connectivity index (χ1n) is 0.813. The second-order valence-electron chi connectivity index (χ2n) is 0.285. The summed E-state index contributed by atoms with van der Waals surface area (Å²) in [4.78, 5) is 0. The molecule has 0 saturated carbocycles. The molecular formula is C2H2OSi. The van der Waals surface area contributed by atoms with Gasteiger partial charge in [0.25, 0.3) is 0 Å². The monoisotopic (exact) mass is 70.0 g/mol. The van der Waals surface area contributed by atoms with Crippen molar-refractivity contribution in [2.24, 2.45) is 0 Å². The van der Waals surface area contributed by atoms with E-state index in [2.05, 4.69) is 6.42 Å². The van der Waals surface area contributed by atoms with Crippen molar-refractivity contribution in [3.05, 3.63) is 0 Å². The molecule has 0 aliphatic carbocycles. The van der Waals surface area contributed by atoms with Gasteiger partial charge in [0.05, 0.1) is 0 Å². The molecule has 2 heteroatoms. The Labute approximate surface area is 26.9 Å². The van der Waals surface area contributed by atoms with E-state index in [4.69, 9.17) is 4.46 Å². The molecule has 0 atom stereocenters. The zero-order chi connectivity index (χ0) is 3.41. The van der Waals surface area contributed by atoms with Crippen LogP contribution in [0, 0.1) is 12.0 Å². The van der Waals surface area contributed by atoms with Gasteiger partial charge in [-0.15, -0.1) is 6.42 Å². The van der Waals surface area contributed by atoms with Gasteiger partial charge in [0.15, 0.2) is 0 Å². The summed E-state index contributed by atoms with van der Waals surface area (Å²) < 4.78 is 9.15. The summed E-state index contributed by atoms with van der Waals surface area (Å²) in [6.07, 6.45) is 4.50. The van der Waals surface area contributed by atoms with Crippen LogP contribution in [-0.4, -0.2) is 9.41 Å². The molecule has 0 unspecified atom stereocenters. The lowest BCUT2D eigenvalue weighted by molar-refractivity contribution is 0.584. The van der Waals surface area contributed by atoms with Crippen LogP contribution < -0.4 is 0 Å². The van der Waals surface area contributed by atoms with Crippen LogP contribution in [0.2, 0.25) is 0 Å². The van der Waals surface area contributed by atoms with Gasteiger partial charge < -0.3 is 4.46 Å². The Balaban J connectivity index is 2.92. The highest BCUT2D eigenvalue weighted by Gasteiger charge is 1.42. The molecule has 1 nitrogen and oxygen atoms in total. The lowest BCUT2D eigenvalue weighted by Gasteiger charge is -1.28. The first-order chi connectivity index (χ1) is 1.91. The van der Waals surface area contributed by atoms with Gasteiger partial charge in [-0.25, -0.2) is 0 Å². The van der Waals surface area contributed by atoms with Gasteiger partial charge in [-0.3, -0.25) is 0 Å². The van der Waals surface area contributed by atoms with Crippen LogP contribution in [0.4, 0.5) is 0 Å². The second kappa shape index (κ2) is 2.58. The fourth-order valence-corrected chi connectivity index (χ4v) is 0. The van der Waals surface area contributed by atoms with Gasteiger partial charge in [0.1, 0.15) is 0 Å². The van der Waals surface area contributed by atoms with Crippen LogP contribution in [0.5, 0.6) is 0 Å². The Bertz CT molecular complexity index is 51.5. The van der Waals surface area contributed by atoms with E-state index in [1.165, 1.54) is 0 Å². The van der Waals surface area contributed by atoms with E-state index < -0.39 is 9.41 Å². The largest absolute Gasteiger partial charge is 0.376 e. The van der Waals surface area contributed by atoms with E-state index in [-0.39, 0.29) is 0 Å². The first kappa shape index (κ1) is 3.58. The molecule has 0 spiro atoms. The van der Waals surface area contributed by atoms with Crippen molar-refractivity contribution in [2.45, 2.75) is 0 Å². The molecule has 0 radical (unpaired) electrons. The number of rotatable bonds is 0. The third kappa shape index (κ3) is 1.58. The highest BCUT2D eigenvalue weighted by atomic mass is 28.2. The van der Waals surface area contributed by atoms with Crippen LogP contribution in [0.1, 0.15) is 0 Å². The molecule has 0 rings (SSSR count). The van der Waals surface area contributed by atoms with Crippen LogP contribution in [0.15, 0.2) is 0 Å². The van der Waals surface area contributed by atoms with Crippen molar-refractivity contribution in [1.82, 2.24) is 0 Å². The maximum absolute atomic E-state index is 9.15. The van der Waals surface area contributed by atoms with Gasteiger partial charge in [-0.2, -0.15) is 0 Å². The Kier molecular flexibility index (Phi) is 2.30. The minimum absolute atomic E-state index is 0.940. The molecule has 4 heavy (non-hydrogen) atoms. The van der Waals surface area contributed by atoms with Crippen molar-refractivity contribution in [2.75, 3.05) is 0 Å². The van der Waals surface area contributed by atoms with Crippen LogP contribution in [0.3, 0.4) is 0 Å². The predicted molar refractivity (Wildman–Crippen MR) is 16.7 cm³/mol. The Morgan fingerprint density at radius 1 is 2.00 bits per heavy atom. The van der Waals surface area contributed by atoms with Crippen molar-refractivity contribution < 1.29 is 4.46 Å². The van der Waals surface area contributed by atoms with Gasteiger partial charge >= 0.3 is 9.41 Å². The predicted octanol–water partition coefficient (Wildman–Crippen LogP) is -0.641. The summed E-state index contributed by atoms with van der Waals surface area (Å²) in [5, 5.41) is 0. The first-order valence-corrected chi connectivity index (χ1v) is 1.86. The summed E-state index contributed by atoms with van der Waals surface area (Å²) in [5.74, 6) is 0. The van der Waals surface area contributed by atoms with E-state index in [0.717, 1.165) is 0 Å². The topological polar surface area (TPSA) is 17.1 Å². The summed E-state index contributed by atoms with van der Waals surface area (Å²) in [6.45, 7) is 0. The molecule has 0 fully saturated rings. The highest BCUT2D eigenvalue weighted by Crippen LogP contribution is 1.16. The van der Waals surface area contributed by atoms with Crippen LogP contribution in [-0.2, 0) is 4.46 Å². The van der Waals surface area contributed by atoms with E-state index in [9.17, 15) is 0 Å². The smallest absolute Gasteiger partial charge is 0.348 e. The zero-order valence-corrected chi connectivity index (χ0v) is 3.22. The number of hydrogen-bond donors (Lipinski definition) is 0. The van der Waals surface area contributed by atoms with Gasteiger partial charge in [0.2, 0.25) is 0 Å². The normalized spacial score (nSPS) is 3.75. The average molecular weight is 70.1 g/mol. The van der Waals surface area contributed by atoms with Gasteiger partial charge in [-0.1, -0.05) is 5.54 Å². The summed E-state index contributed by atoms with van der Waals surface area (Å²) in [6, 6.07) is 0. The third-order valence-electron chi connectivity index (χ3n) is 0.0680. The lowest BCUT2D eigenvalue weighted by Crippen LogP contribution is -1.51. The fourth-order valence-electron chi connectivity index (χ4n) is 0. The molecule has 0 aromatic carbocycles. The summed E-state index contributed by atoms with van der Waals surface area (Å²) >= 11 is 0. The molecular weight excluding hydrogens is 68.1 g/mol. The fraction of sp³-hybridized carbons (Fsp3) is 0. The van der Waals surface area contributed by atoms with E-state index in [0.29, 0.717) is 0 Å². The molecule has 0 aromatic rings. The third-order valence-corrected chi connectivity index (χ3v) is 0.204. The van der Waals surface area contributed by atoms with Crippen LogP contribution >= 0.6 is 0 Å². The van der Waals surface area contributed by atoms with Crippen molar-refractivity contribution in [1.29, 1.82) is 0 Å². The number of hydrogen-bond acceptors (Lipinski definition) is 1. The minimum Gasteiger partial charge on any atom is -0.376 e. The molecule has 0 bridgehead atoms. The summed E-state index contributed by atoms with van der Waals surface area (Å²) in [7, 11) is -0.940. The van der Waals surface area contributed by atoms with Crippen LogP contribution in [0.25, 0.3) is 0 Å². The van der Waals surface area contributed by atoms with E-state index in [1.807, 2.05) is 5.54 Å². The van der Waals surface area contributed by atoms with E-state index >= 15 is 0 Å². The van der Waals surface area contributed by atoms with Crippen molar-refractivity contribution in [3.63, 3.8) is 0 Å². The molecule has 0 aliphatic heterocycles. The lowest BCUT2D eigenvalue weighted by atomic mass is 11.4. The van der Waals surface area contributed by atoms with Crippen molar-refractivity contribution in [3.8, 4) is 12.0 Å². The average Bonchev–Trinajstić information content (AvgIpc) is 1.37. The van der Waals surface area contributed by atoms with E-state index in [1.54, 1.807) is 0 Å². The SMILES string of the molecule is C#C[SiH]=O. The standard InChI is InChI=1S/C2H2OSi/c1-2-4-3/h1,4H. The van der Waals surface area contributed by atoms with Crippen molar-refractivity contribution >= 4 is 9.41 Å². The minimum atomic E-state index is -0.940. The quantitative estimate of drug-likeness (QED) is 0.274. The molecule has 20 valence electrons. The maximum atomic E-state index is 9.15. The Morgan fingerprint density at radius 2 is 2.25 bits per heavy atom. The maximum Gasteiger partial charge on any atom is 0.348 e. The second-order valence-corrected chi connectivity index (χ2v) is 0.854. The number of terminal acetylenes is 1. The Hall–Kier alpha value is -0.423. The van der Waals surface area contributed by atoms with Gasteiger partial charge in [-0.05, 0) is 0 Å². The molecule has 0 saturated heterocycles. The summed E-state index contributed by atoms with van der Waals surface area (Å²) in [5.41, 5.74) is 1.96. The highest BCUT2D eigenvalue weighted by molar-refractivity contribution is 6.29. The molecule has 0 aliphatic rings. The molecule has 0 aromatic heterocycles. The molecule has 0 amide bonds. The van der Waals surface area contributed by atoms with Gasteiger partial charge in [0, 0.05) is 0 Å². The zero-order valence-electron chi connectivity index (χ0n) is 2.06. The molecule has 0 N–H and O–H groups in total. The molecule has 0 heterocycles. The Morgan fingerprint density at radius 3 is 2.25 bits per heavy atom.